The number of carbonyl (C=O) groups is 2. The molecule has 1 saturated heterocycles. The second-order valence-electron chi connectivity index (χ2n) is 5.08. The monoisotopic (exact) mass is 261 g/mol. The summed E-state index contributed by atoms with van der Waals surface area (Å²) in [5, 5.41) is 8.85. The lowest BCUT2D eigenvalue weighted by molar-refractivity contribution is 0.0669. The van der Waals surface area contributed by atoms with Crippen LogP contribution in [-0.4, -0.2) is 34.0 Å². The van der Waals surface area contributed by atoms with Crippen molar-refractivity contribution in [3.8, 4) is 0 Å². The summed E-state index contributed by atoms with van der Waals surface area (Å²) in [6.07, 6.45) is 3.05. The molecule has 1 aliphatic rings. The topological polar surface area (TPSA) is 57.6 Å². The molecule has 1 aromatic rings. The Morgan fingerprint density at radius 1 is 1.21 bits per heavy atom. The standard InChI is InChI=1S/C15H19NO3/c1-3-13-9-4-10(2)16(13)14(17)11-5-7-12(8-6-11)15(18)19/h5-8,10,13H,3-4,9H2,1-2H3,(H,18,19). The maximum absolute atomic E-state index is 12.5. The van der Waals surface area contributed by atoms with E-state index in [0.717, 1.165) is 19.3 Å². The highest BCUT2D eigenvalue weighted by molar-refractivity contribution is 5.96. The van der Waals surface area contributed by atoms with Crippen molar-refractivity contribution in [2.24, 2.45) is 0 Å². The molecule has 4 nitrogen and oxygen atoms in total. The molecular formula is C15H19NO3. The molecule has 1 aromatic carbocycles. The molecular weight excluding hydrogens is 242 g/mol. The molecule has 1 N–H and O–H groups in total. The lowest BCUT2D eigenvalue weighted by atomic mass is 10.1. The lowest BCUT2D eigenvalue weighted by Crippen LogP contribution is -2.39. The minimum absolute atomic E-state index is 0.00814. The van der Waals surface area contributed by atoms with Gasteiger partial charge >= 0.3 is 5.97 Å². The van der Waals surface area contributed by atoms with Gasteiger partial charge in [-0.2, -0.15) is 0 Å². The Hall–Kier alpha value is -1.84. The van der Waals surface area contributed by atoms with Gasteiger partial charge in [0.15, 0.2) is 0 Å². The Morgan fingerprint density at radius 3 is 2.32 bits per heavy atom. The fourth-order valence-corrected chi connectivity index (χ4v) is 2.74. The van der Waals surface area contributed by atoms with E-state index in [4.69, 9.17) is 5.11 Å². The first-order chi connectivity index (χ1) is 9.04. The Kier molecular flexibility index (Phi) is 3.88. The molecule has 1 aliphatic heterocycles. The van der Waals surface area contributed by atoms with E-state index in [-0.39, 0.29) is 17.5 Å². The molecule has 1 heterocycles. The Bertz CT molecular complexity index is 481. The van der Waals surface area contributed by atoms with E-state index >= 15 is 0 Å². The van der Waals surface area contributed by atoms with E-state index in [1.54, 1.807) is 12.1 Å². The highest BCUT2D eigenvalue weighted by atomic mass is 16.4. The molecule has 102 valence electrons. The van der Waals surface area contributed by atoms with E-state index in [1.165, 1.54) is 12.1 Å². The van der Waals surface area contributed by atoms with Crippen molar-refractivity contribution in [2.75, 3.05) is 0 Å². The van der Waals surface area contributed by atoms with Crippen molar-refractivity contribution in [1.29, 1.82) is 0 Å². The number of hydrogen-bond donors (Lipinski definition) is 1. The number of amides is 1. The molecule has 1 fully saturated rings. The van der Waals surface area contributed by atoms with Gasteiger partial charge in [-0.05, 0) is 50.5 Å². The maximum Gasteiger partial charge on any atom is 0.335 e. The Morgan fingerprint density at radius 2 is 1.79 bits per heavy atom. The summed E-state index contributed by atoms with van der Waals surface area (Å²) in [6.45, 7) is 4.16. The van der Waals surface area contributed by atoms with Crippen molar-refractivity contribution in [3.05, 3.63) is 35.4 Å². The maximum atomic E-state index is 12.5. The number of carboxylic acids is 1. The first-order valence-corrected chi connectivity index (χ1v) is 6.70. The van der Waals surface area contributed by atoms with Gasteiger partial charge in [0.2, 0.25) is 0 Å². The van der Waals surface area contributed by atoms with Crippen molar-refractivity contribution < 1.29 is 14.7 Å². The van der Waals surface area contributed by atoms with Gasteiger partial charge < -0.3 is 10.0 Å². The molecule has 0 bridgehead atoms. The van der Waals surface area contributed by atoms with Crippen LogP contribution in [0.5, 0.6) is 0 Å². The number of carboxylic acid groups (broad SMARTS) is 1. The normalized spacial score (nSPS) is 22.5. The van der Waals surface area contributed by atoms with Crippen LogP contribution in [0.1, 0.15) is 53.8 Å². The summed E-state index contributed by atoms with van der Waals surface area (Å²) >= 11 is 0. The van der Waals surface area contributed by atoms with Crippen LogP contribution >= 0.6 is 0 Å². The average molecular weight is 261 g/mol. The molecule has 2 rings (SSSR count). The molecule has 1 amide bonds. The summed E-state index contributed by atoms with van der Waals surface area (Å²) in [5.74, 6) is -0.964. The summed E-state index contributed by atoms with van der Waals surface area (Å²) in [4.78, 5) is 25.2. The highest BCUT2D eigenvalue weighted by Gasteiger charge is 2.33. The number of nitrogens with zero attached hydrogens (tertiary/aromatic N) is 1. The zero-order chi connectivity index (χ0) is 14.0. The van der Waals surface area contributed by atoms with Gasteiger partial charge in [0, 0.05) is 17.6 Å². The zero-order valence-corrected chi connectivity index (χ0v) is 11.3. The van der Waals surface area contributed by atoms with Gasteiger partial charge in [-0.3, -0.25) is 4.79 Å². The summed E-state index contributed by atoms with van der Waals surface area (Å²) < 4.78 is 0. The second-order valence-corrected chi connectivity index (χ2v) is 5.08. The largest absolute Gasteiger partial charge is 0.478 e. The number of hydrogen-bond acceptors (Lipinski definition) is 2. The van der Waals surface area contributed by atoms with Gasteiger partial charge in [0.05, 0.1) is 5.56 Å². The first kappa shape index (κ1) is 13.6. The second kappa shape index (κ2) is 5.43. The molecule has 0 radical (unpaired) electrons. The fourth-order valence-electron chi connectivity index (χ4n) is 2.74. The van der Waals surface area contributed by atoms with Crippen LogP contribution in [0.25, 0.3) is 0 Å². The predicted molar refractivity (Wildman–Crippen MR) is 72.3 cm³/mol. The van der Waals surface area contributed by atoms with Crippen LogP contribution in [0.2, 0.25) is 0 Å². The van der Waals surface area contributed by atoms with E-state index < -0.39 is 5.97 Å². The van der Waals surface area contributed by atoms with Gasteiger partial charge in [-0.15, -0.1) is 0 Å². The molecule has 19 heavy (non-hydrogen) atoms. The lowest BCUT2D eigenvalue weighted by Gasteiger charge is -2.28. The summed E-state index contributed by atoms with van der Waals surface area (Å²) in [7, 11) is 0. The average Bonchev–Trinajstić information content (AvgIpc) is 2.79. The van der Waals surface area contributed by atoms with Crippen LogP contribution in [0.4, 0.5) is 0 Å². The van der Waals surface area contributed by atoms with Crippen LogP contribution < -0.4 is 0 Å². The first-order valence-electron chi connectivity index (χ1n) is 6.70. The predicted octanol–water partition coefficient (Wildman–Crippen LogP) is 2.79. The van der Waals surface area contributed by atoms with E-state index in [9.17, 15) is 9.59 Å². The summed E-state index contributed by atoms with van der Waals surface area (Å²) in [6, 6.07) is 6.74. The summed E-state index contributed by atoms with van der Waals surface area (Å²) in [5.41, 5.74) is 0.773. The number of benzene rings is 1. The number of aromatic carboxylic acids is 1. The van der Waals surface area contributed by atoms with Crippen LogP contribution in [0.3, 0.4) is 0 Å². The Labute approximate surface area is 113 Å². The van der Waals surface area contributed by atoms with Crippen LogP contribution in [0.15, 0.2) is 24.3 Å². The van der Waals surface area contributed by atoms with Crippen molar-refractivity contribution in [2.45, 2.75) is 45.2 Å². The van der Waals surface area contributed by atoms with Gasteiger partial charge in [-0.25, -0.2) is 4.79 Å². The molecule has 2 atom stereocenters. The smallest absolute Gasteiger partial charge is 0.335 e. The van der Waals surface area contributed by atoms with Crippen molar-refractivity contribution >= 4 is 11.9 Å². The highest BCUT2D eigenvalue weighted by Crippen LogP contribution is 2.27. The fraction of sp³-hybridized carbons (Fsp3) is 0.467. The molecule has 2 unspecified atom stereocenters. The van der Waals surface area contributed by atoms with Crippen molar-refractivity contribution in [3.63, 3.8) is 0 Å². The minimum atomic E-state index is -0.972. The molecule has 4 heteroatoms. The van der Waals surface area contributed by atoms with Crippen molar-refractivity contribution in [1.82, 2.24) is 4.90 Å². The number of carbonyl (C=O) groups excluding carboxylic acids is 1. The van der Waals surface area contributed by atoms with Crippen LogP contribution in [-0.2, 0) is 0 Å². The SMILES string of the molecule is CCC1CCC(C)N1C(=O)c1ccc(C(=O)O)cc1. The van der Waals surface area contributed by atoms with Gasteiger partial charge in [0.25, 0.3) is 5.91 Å². The third-order valence-electron chi connectivity index (χ3n) is 3.87. The molecule has 0 aliphatic carbocycles. The zero-order valence-electron chi connectivity index (χ0n) is 11.3. The third-order valence-corrected chi connectivity index (χ3v) is 3.87. The number of likely N-dealkylation sites (tertiary alicyclic amines) is 1. The third kappa shape index (κ3) is 2.62. The Balaban J connectivity index is 2.21. The molecule has 0 spiro atoms. The number of rotatable bonds is 3. The van der Waals surface area contributed by atoms with Crippen LogP contribution in [0, 0.1) is 0 Å². The minimum Gasteiger partial charge on any atom is -0.478 e. The molecule has 0 aromatic heterocycles. The van der Waals surface area contributed by atoms with E-state index in [0.29, 0.717) is 11.6 Å². The van der Waals surface area contributed by atoms with E-state index in [1.807, 2.05) is 4.90 Å². The van der Waals surface area contributed by atoms with Gasteiger partial charge in [0.1, 0.15) is 0 Å². The van der Waals surface area contributed by atoms with Gasteiger partial charge in [-0.1, -0.05) is 6.92 Å². The quantitative estimate of drug-likeness (QED) is 0.910. The van der Waals surface area contributed by atoms with E-state index in [2.05, 4.69) is 13.8 Å². The molecule has 0 saturated carbocycles.